The zero-order chi connectivity index (χ0) is 10.5. The van der Waals surface area contributed by atoms with Crippen LogP contribution in [-0.4, -0.2) is 12.1 Å². The highest BCUT2D eigenvalue weighted by Gasteiger charge is 2.22. The molecule has 2 fully saturated rings. The molecule has 0 radical (unpaired) electrons. The van der Waals surface area contributed by atoms with Gasteiger partial charge in [-0.3, -0.25) is 0 Å². The first-order valence-electron chi connectivity index (χ1n) is 7.12. The van der Waals surface area contributed by atoms with E-state index in [1.807, 2.05) is 0 Å². The molecule has 0 aromatic carbocycles. The topological polar surface area (TPSA) is 12.0 Å². The number of nitrogens with one attached hydrogen (secondary N) is 1. The van der Waals surface area contributed by atoms with Crippen molar-refractivity contribution < 1.29 is 0 Å². The molecular weight excluding hydrogens is 182 g/mol. The standard InChI is InChI=1S/C14H27N/c1-12(13-8-4-2-5-9-13)15-14-10-6-3-7-11-14/h12-15H,2-11H2,1H3/t12-/m0/s1. The molecule has 0 bridgehead atoms. The third-order valence-electron chi connectivity index (χ3n) is 4.46. The first kappa shape index (κ1) is 11.4. The molecule has 0 aliphatic heterocycles. The minimum Gasteiger partial charge on any atom is -0.311 e. The van der Waals surface area contributed by atoms with Crippen LogP contribution in [0, 0.1) is 5.92 Å². The van der Waals surface area contributed by atoms with Crippen LogP contribution >= 0.6 is 0 Å². The van der Waals surface area contributed by atoms with Gasteiger partial charge in [0.05, 0.1) is 0 Å². The van der Waals surface area contributed by atoms with E-state index in [1.54, 1.807) is 0 Å². The van der Waals surface area contributed by atoms with E-state index in [9.17, 15) is 0 Å². The van der Waals surface area contributed by atoms with Gasteiger partial charge < -0.3 is 5.32 Å². The second kappa shape index (κ2) is 5.89. The molecule has 0 unspecified atom stereocenters. The molecule has 2 aliphatic carbocycles. The molecule has 88 valence electrons. The molecule has 2 rings (SSSR count). The maximum Gasteiger partial charge on any atom is 0.00696 e. The van der Waals surface area contributed by atoms with Crippen LogP contribution in [0.25, 0.3) is 0 Å². The molecule has 1 nitrogen and oxygen atoms in total. The summed E-state index contributed by atoms with van der Waals surface area (Å²) in [5.41, 5.74) is 0. The molecule has 1 atom stereocenters. The minimum absolute atomic E-state index is 0.772. The average Bonchev–Trinajstić information content (AvgIpc) is 2.31. The summed E-state index contributed by atoms with van der Waals surface area (Å²) in [6, 6.07) is 1.61. The number of hydrogen-bond donors (Lipinski definition) is 1. The van der Waals surface area contributed by atoms with E-state index < -0.39 is 0 Å². The number of hydrogen-bond acceptors (Lipinski definition) is 1. The van der Waals surface area contributed by atoms with Crippen molar-refractivity contribution in [2.75, 3.05) is 0 Å². The Kier molecular flexibility index (Phi) is 4.49. The fourth-order valence-electron chi connectivity index (χ4n) is 3.41. The molecule has 2 aliphatic rings. The second-order valence-electron chi connectivity index (χ2n) is 5.69. The minimum atomic E-state index is 0.772. The molecule has 1 N–H and O–H groups in total. The molecule has 1 heteroatoms. The number of rotatable bonds is 3. The van der Waals surface area contributed by atoms with Gasteiger partial charge in [-0.1, -0.05) is 38.5 Å². The Labute approximate surface area is 95.0 Å². The third-order valence-corrected chi connectivity index (χ3v) is 4.46. The van der Waals surface area contributed by atoms with Crippen LogP contribution in [0.2, 0.25) is 0 Å². The summed E-state index contributed by atoms with van der Waals surface area (Å²) in [7, 11) is 0. The first-order valence-corrected chi connectivity index (χ1v) is 7.12. The van der Waals surface area contributed by atoms with Gasteiger partial charge in [0.2, 0.25) is 0 Å². The van der Waals surface area contributed by atoms with Gasteiger partial charge in [-0.05, 0) is 38.5 Å². The van der Waals surface area contributed by atoms with Gasteiger partial charge in [0.1, 0.15) is 0 Å². The lowest BCUT2D eigenvalue weighted by molar-refractivity contribution is 0.243. The van der Waals surface area contributed by atoms with E-state index in [4.69, 9.17) is 0 Å². The van der Waals surface area contributed by atoms with Crippen molar-refractivity contribution in [3.05, 3.63) is 0 Å². The van der Waals surface area contributed by atoms with E-state index in [-0.39, 0.29) is 0 Å². The van der Waals surface area contributed by atoms with Crippen molar-refractivity contribution in [2.24, 2.45) is 5.92 Å². The largest absolute Gasteiger partial charge is 0.311 e. The van der Waals surface area contributed by atoms with Gasteiger partial charge in [0.25, 0.3) is 0 Å². The highest BCUT2D eigenvalue weighted by atomic mass is 14.9. The quantitative estimate of drug-likeness (QED) is 0.744. The van der Waals surface area contributed by atoms with Gasteiger partial charge in [-0.2, -0.15) is 0 Å². The molecule has 15 heavy (non-hydrogen) atoms. The van der Waals surface area contributed by atoms with Crippen LogP contribution in [0.4, 0.5) is 0 Å². The summed E-state index contributed by atoms with van der Waals surface area (Å²) in [6.07, 6.45) is 14.6. The van der Waals surface area contributed by atoms with Crippen molar-refractivity contribution in [3.8, 4) is 0 Å². The summed E-state index contributed by atoms with van der Waals surface area (Å²) in [6.45, 7) is 2.42. The first-order chi connectivity index (χ1) is 7.36. The normalized spacial score (nSPS) is 27.8. The summed E-state index contributed by atoms with van der Waals surface area (Å²) >= 11 is 0. The monoisotopic (exact) mass is 209 g/mol. The van der Waals surface area contributed by atoms with E-state index in [0.717, 1.165) is 18.0 Å². The summed E-state index contributed by atoms with van der Waals surface area (Å²) in [5.74, 6) is 0.973. The van der Waals surface area contributed by atoms with Crippen molar-refractivity contribution in [2.45, 2.75) is 83.2 Å². The maximum atomic E-state index is 3.89. The van der Waals surface area contributed by atoms with Crippen LogP contribution in [0.15, 0.2) is 0 Å². The highest BCUT2D eigenvalue weighted by molar-refractivity contribution is 4.81. The van der Waals surface area contributed by atoms with Gasteiger partial charge >= 0.3 is 0 Å². The molecule has 0 saturated heterocycles. The summed E-state index contributed by atoms with van der Waals surface area (Å²) in [5, 5.41) is 3.89. The van der Waals surface area contributed by atoms with Crippen LogP contribution in [0.1, 0.15) is 71.1 Å². The Morgan fingerprint density at radius 3 is 1.93 bits per heavy atom. The lowest BCUT2D eigenvalue weighted by atomic mass is 9.83. The predicted molar refractivity (Wildman–Crippen MR) is 66.0 cm³/mol. The molecule has 0 aromatic heterocycles. The molecule has 0 heterocycles. The second-order valence-corrected chi connectivity index (χ2v) is 5.69. The van der Waals surface area contributed by atoms with Crippen molar-refractivity contribution in [3.63, 3.8) is 0 Å². The summed E-state index contributed by atoms with van der Waals surface area (Å²) < 4.78 is 0. The van der Waals surface area contributed by atoms with E-state index in [2.05, 4.69) is 12.2 Å². The van der Waals surface area contributed by atoms with E-state index >= 15 is 0 Å². The van der Waals surface area contributed by atoms with E-state index in [1.165, 1.54) is 64.2 Å². The zero-order valence-corrected chi connectivity index (χ0v) is 10.3. The lowest BCUT2D eigenvalue weighted by Crippen LogP contribution is -2.42. The van der Waals surface area contributed by atoms with Crippen LogP contribution < -0.4 is 5.32 Å². The Bertz CT molecular complexity index is 166. The lowest BCUT2D eigenvalue weighted by Gasteiger charge is -2.33. The zero-order valence-electron chi connectivity index (χ0n) is 10.3. The van der Waals surface area contributed by atoms with Gasteiger partial charge in [0.15, 0.2) is 0 Å². The predicted octanol–water partition coefficient (Wildman–Crippen LogP) is 3.88. The SMILES string of the molecule is C[C@H](NC1CCCCC1)C1CCCCC1. The Balaban J connectivity index is 1.72. The van der Waals surface area contributed by atoms with Crippen molar-refractivity contribution in [1.82, 2.24) is 5.32 Å². The Morgan fingerprint density at radius 2 is 1.33 bits per heavy atom. The smallest absolute Gasteiger partial charge is 0.00696 e. The van der Waals surface area contributed by atoms with Crippen molar-refractivity contribution in [1.29, 1.82) is 0 Å². The van der Waals surface area contributed by atoms with Crippen LogP contribution in [-0.2, 0) is 0 Å². The van der Waals surface area contributed by atoms with Gasteiger partial charge in [0, 0.05) is 12.1 Å². The molecule has 0 spiro atoms. The third kappa shape index (κ3) is 3.48. The molecule has 0 aromatic rings. The highest BCUT2D eigenvalue weighted by Crippen LogP contribution is 2.27. The summed E-state index contributed by atoms with van der Waals surface area (Å²) in [4.78, 5) is 0. The molecular formula is C14H27N. The van der Waals surface area contributed by atoms with E-state index in [0.29, 0.717) is 0 Å². The molecule has 2 saturated carbocycles. The fraction of sp³-hybridized carbons (Fsp3) is 1.00. The van der Waals surface area contributed by atoms with Gasteiger partial charge in [-0.15, -0.1) is 0 Å². The average molecular weight is 209 g/mol. The van der Waals surface area contributed by atoms with Crippen LogP contribution in [0.5, 0.6) is 0 Å². The van der Waals surface area contributed by atoms with Crippen LogP contribution in [0.3, 0.4) is 0 Å². The Morgan fingerprint density at radius 1 is 0.800 bits per heavy atom. The Hall–Kier alpha value is -0.0400. The van der Waals surface area contributed by atoms with Gasteiger partial charge in [-0.25, -0.2) is 0 Å². The van der Waals surface area contributed by atoms with Crippen molar-refractivity contribution >= 4 is 0 Å². The fourth-order valence-corrected chi connectivity index (χ4v) is 3.41. The maximum absolute atomic E-state index is 3.89. The molecule has 0 amide bonds.